The number of hydrazine groups is 1. The van der Waals surface area contributed by atoms with Crippen LogP contribution in [0.3, 0.4) is 0 Å². The number of carbonyl (C=O) groups excluding carboxylic acids is 1. The van der Waals surface area contributed by atoms with E-state index < -0.39 is 0 Å². The Kier molecular flexibility index (Phi) is 3.65. The van der Waals surface area contributed by atoms with Crippen LogP contribution in [0, 0.1) is 6.92 Å². The smallest absolute Gasteiger partial charge is 0.241 e. The topological polar surface area (TPSA) is 46.3 Å². The van der Waals surface area contributed by atoms with E-state index in [1.165, 1.54) is 5.01 Å². The molecule has 0 saturated heterocycles. The molecule has 76 valence electrons. The summed E-state index contributed by atoms with van der Waals surface area (Å²) in [4.78, 5) is 11.5. The number of benzene rings is 1. The molecule has 1 rings (SSSR count). The van der Waals surface area contributed by atoms with E-state index in [4.69, 9.17) is 5.84 Å². The van der Waals surface area contributed by atoms with Gasteiger partial charge in [-0.3, -0.25) is 4.79 Å². The molecule has 3 nitrogen and oxygen atoms in total. The molecular weight excluding hydrogens is 176 g/mol. The van der Waals surface area contributed by atoms with E-state index in [-0.39, 0.29) is 5.91 Å². The van der Waals surface area contributed by atoms with Crippen molar-refractivity contribution in [2.24, 2.45) is 5.84 Å². The Morgan fingerprint density at radius 1 is 1.50 bits per heavy atom. The predicted octanol–water partition coefficient (Wildman–Crippen LogP) is 2.00. The van der Waals surface area contributed by atoms with Gasteiger partial charge in [-0.15, -0.1) is 0 Å². The fraction of sp³-hybridized carbons (Fsp3) is 0.364. The van der Waals surface area contributed by atoms with E-state index in [0.29, 0.717) is 6.42 Å². The van der Waals surface area contributed by atoms with Gasteiger partial charge in [0.05, 0.1) is 5.69 Å². The lowest BCUT2D eigenvalue weighted by atomic mass is 10.2. The number of aryl methyl sites for hydroxylation is 1. The van der Waals surface area contributed by atoms with Crippen molar-refractivity contribution in [3.05, 3.63) is 29.8 Å². The molecule has 1 aromatic carbocycles. The van der Waals surface area contributed by atoms with E-state index in [9.17, 15) is 4.79 Å². The molecule has 0 radical (unpaired) electrons. The Morgan fingerprint density at radius 3 is 2.79 bits per heavy atom. The van der Waals surface area contributed by atoms with Crippen LogP contribution in [0.15, 0.2) is 24.3 Å². The lowest BCUT2D eigenvalue weighted by Crippen LogP contribution is -2.37. The van der Waals surface area contributed by atoms with Crippen LogP contribution < -0.4 is 10.9 Å². The molecule has 0 unspecified atom stereocenters. The molecule has 0 heterocycles. The van der Waals surface area contributed by atoms with Crippen molar-refractivity contribution in [2.45, 2.75) is 26.7 Å². The zero-order chi connectivity index (χ0) is 10.6. The number of hydrogen-bond donors (Lipinski definition) is 1. The van der Waals surface area contributed by atoms with Crippen molar-refractivity contribution in [1.82, 2.24) is 0 Å². The maximum Gasteiger partial charge on any atom is 0.241 e. The summed E-state index contributed by atoms with van der Waals surface area (Å²) < 4.78 is 0. The molecule has 0 aliphatic rings. The molecule has 3 heteroatoms. The maximum absolute atomic E-state index is 11.5. The highest BCUT2D eigenvalue weighted by molar-refractivity contribution is 5.92. The third-order valence-corrected chi connectivity index (χ3v) is 2.01. The second-order valence-corrected chi connectivity index (χ2v) is 3.35. The monoisotopic (exact) mass is 192 g/mol. The van der Waals surface area contributed by atoms with E-state index in [1.807, 2.05) is 38.1 Å². The maximum atomic E-state index is 11.5. The fourth-order valence-corrected chi connectivity index (χ4v) is 1.26. The normalized spacial score (nSPS) is 9.93. The second-order valence-electron chi connectivity index (χ2n) is 3.35. The van der Waals surface area contributed by atoms with E-state index in [2.05, 4.69) is 0 Å². The molecule has 14 heavy (non-hydrogen) atoms. The van der Waals surface area contributed by atoms with Crippen LogP contribution in [-0.2, 0) is 4.79 Å². The van der Waals surface area contributed by atoms with Crippen molar-refractivity contribution in [3.8, 4) is 0 Å². The number of nitrogens with zero attached hydrogens (tertiary/aromatic N) is 1. The Labute approximate surface area is 84.5 Å². The molecule has 0 saturated carbocycles. The number of nitrogens with two attached hydrogens (primary N) is 1. The first-order valence-electron chi connectivity index (χ1n) is 4.79. The van der Waals surface area contributed by atoms with Crippen LogP contribution in [0.25, 0.3) is 0 Å². The standard InChI is InChI=1S/C11H16N2O/c1-3-5-11(14)13(12)10-7-4-6-9(2)8-10/h4,6-8H,3,5,12H2,1-2H3. The lowest BCUT2D eigenvalue weighted by molar-refractivity contribution is -0.118. The molecule has 0 aromatic heterocycles. The molecular formula is C11H16N2O. The van der Waals surface area contributed by atoms with Gasteiger partial charge in [0.2, 0.25) is 5.91 Å². The minimum absolute atomic E-state index is 0.0434. The van der Waals surface area contributed by atoms with Gasteiger partial charge >= 0.3 is 0 Å². The number of hydrogen-bond acceptors (Lipinski definition) is 2. The SMILES string of the molecule is CCCC(=O)N(N)c1cccc(C)c1. The number of anilines is 1. The third kappa shape index (κ3) is 2.57. The average molecular weight is 192 g/mol. The lowest BCUT2D eigenvalue weighted by Gasteiger charge is -2.16. The molecule has 0 atom stereocenters. The number of carbonyl (C=O) groups is 1. The predicted molar refractivity (Wildman–Crippen MR) is 57.8 cm³/mol. The number of amides is 1. The second kappa shape index (κ2) is 4.77. The summed E-state index contributed by atoms with van der Waals surface area (Å²) in [5.74, 6) is 5.63. The Hall–Kier alpha value is -1.35. The highest BCUT2D eigenvalue weighted by Gasteiger charge is 2.09. The molecule has 2 N–H and O–H groups in total. The van der Waals surface area contributed by atoms with Gasteiger partial charge in [-0.2, -0.15) is 0 Å². The van der Waals surface area contributed by atoms with Gasteiger partial charge in [0.25, 0.3) is 0 Å². The summed E-state index contributed by atoms with van der Waals surface area (Å²) in [5, 5.41) is 1.22. The summed E-state index contributed by atoms with van der Waals surface area (Å²) in [5.41, 5.74) is 1.85. The van der Waals surface area contributed by atoms with Crippen molar-refractivity contribution >= 4 is 11.6 Å². The molecule has 0 bridgehead atoms. The van der Waals surface area contributed by atoms with Gasteiger partial charge < -0.3 is 0 Å². The highest BCUT2D eigenvalue weighted by atomic mass is 16.2. The molecule has 0 aliphatic heterocycles. The molecule has 1 amide bonds. The zero-order valence-corrected chi connectivity index (χ0v) is 8.66. The van der Waals surface area contributed by atoms with Crippen molar-refractivity contribution < 1.29 is 4.79 Å². The molecule has 0 spiro atoms. The largest absolute Gasteiger partial charge is 0.273 e. The zero-order valence-electron chi connectivity index (χ0n) is 8.66. The van der Waals surface area contributed by atoms with Crippen molar-refractivity contribution in [2.75, 3.05) is 5.01 Å². The minimum atomic E-state index is -0.0434. The molecule has 1 aromatic rings. The Morgan fingerprint density at radius 2 is 2.21 bits per heavy atom. The fourth-order valence-electron chi connectivity index (χ4n) is 1.26. The summed E-state index contributed by atoms with van der Waals surface area (Å²) in [6, 6.07) is 7.60. The molecule has 0 aliphatic carbocycles. The van der Waals surface area contributed by atoms with Gasteiger partial charge in [0.1, 0.15) is 0 Å². The summed E-state index contributed by atoms with van der Waals surface area (Å²) >= 11 is 0. The van der Waals surface area contributed by atoms with Gasteiger partial charge in [0, 0.05) is 6.42 Å². The van der Waals surface area contributed by atoms with Gasteiger partial charge in [-0.05, 0) is 31.0 Å². The van der Waals surface area contributed by atoms with E-state index >= 15 is 0 Å². The van der Waals surface area contributed by atoms with Crippen molar-refractivity contribution in [3.63, 3.8) is 0 Å². The summed E-state index contributed by atoms with van der Waals surface area (Å²) in [6.45, 7) is 3.93. The quantitative estimate of drug-likeness (QED) is 0.452. The Bertz CT molecular complexity index is 323. The first kappa shape index (κ1) is 10.7. The van der Waals surface area contributed by atoms with Gasteiger partial charge in [0.15, 0.2) is 0 Å². The van der Waals surface area contributed by atoms with Crippen LogP contribution >= 0.6 is 0 Å². The summed E-state index contributed by atoms with van der Waals surface area (Å²) in [7, 11) is 0. The van der Waals surface area contributed by atoms with E-state index in [1.54, 1.807) is 0 Å². The average Bonchev–Trinajstić information content (AvgIpc) is 2.17. The third-order valence-electron chi connectivity index (χ3n) is 2.01. The Balaban J connectivity index is 2.78. The van der Waals surface area contributed by atoms with Crippen LogP contribution in [0.1, 0.15) is 25.3 Å². The minimum Gasteiger partial charge on any atom is -0.273 e. The van der Waals surface area contributed by atoms with E-state index in [0.717, 1.165) is 17.7 Å². The summed E-state index contributed by atoms with van der Waals surface area (Å²) in [6.07, 6.45) is 1.31. The van der Waals surface area contributed by atoms with Crippen LogP contribution in [0.5, 0.6) is 0 Å². The van der Waals surface area contributed by atoms with Crippen LogP contribution in [-0.4, -0.2) is 5.91 Å². The van der Waals surface area contributed by atoms with Crippen LogP contribution in [0.4, 0.5) is 5.69 Å². The first-order chi connectivity index (χ1) is 6.65. The van der Waals surface area contributed by atoms with Gasteiger partial charge in [-0.25, -0.2) is 10.9 Å². The van der Waals surface area contributed by atoms with Gasteiger partial charge in [-0.1, -0.05) is 19.1 Å². The van der Waals surface area contributed by atoms with Crippen LogP contribution in [0.2, 0.25) is 0 Å². The number of rotatable bonds is 3. The molecule has 0 fully saturated rings. The first-order valence-corrected chi connectivity index (χ1v) is 4.79. The van der Waals surface area contributed by atoms with Crippen molar-refractivity contribution in [1.29, 1.82) is 0 Å². The highest BCUT2D eigenvalue weighted by Crippen LogP contribution is 2.13.